The predicted octanol–water partition coefficient (Wildman–Crippen LogP) is 9.05. The van der Waals surface area contributed by atoms with Crippen LogP contribution in [-0.2, 0) is 0 Å². The molecule has 3 rings (SSSR count). The summed E-state index contributed by atoms with van der Waals surface area (Å²) in [5.74, 6) is 1.77. The minimum absolute atomic E-state index is 0.389. The Labute approximate surface area is 222 Å². The molecule has 0 spiro atoms. The monoisotopic (exact) mass is 500 g/mol. The van der Waals surface area contributed by atoms with Gasteiger partial charge in [0.2, 0.25) is 0 Å². The third kappa shape index (κ3) is 10.2. The first kappa shape index (κ1) is 28.0. The van der Waals surface area contributed by atoms with Crippen molar-refractivity contribution < 1.29 is 19.0 Å². The lowest BCUT2D eigenvalue weighted by molar-refractivity contribution is 0.0734. The quantitative estimate of drug-likeness (QED) is 0.0802. The van der Waals surface area contributed by atoms with E-state index in [1.807, 2.05) is 54.6 Å². The fraction of sp³-hybridized carbons (Fsp3) is 0.364. The normalized spacial score (nSPS) is 10.6. The van der Waals surface area contributed by atoms with Crippen molar-refractivity contribution in [3.8, 4) is 28.4 Å². The lowest BCUT2D eigenvalue weighted by atomic mass is 10.1. The average molecular weight is 501 g/mol. The van der Waals surface area contributed by atoms with Gasteiger partial charge in [0, 0.05) is 0 Å². The maximum absolute atomic E-state index is 12.6. The van der Waals surface area contributed by atoms with Crippen LogP contribution in [-0.4, -0.2) is 19.2 Å². The Morgan fingerprint density at radius 3 is 1.68 bits per heavy atom. The van der Waals surface area contributed by atoms with Crippen LogP contribution in [0.1, 0.15) is 75.1 Å². The van der Waals surface area contributed by atoms with E-state index in [2.05, 4.69) is 25.6 Å². The first-order chi connectivity index (χ1) is 18.2. The van der Waals surface area contributed by atoms with Gasteiger partial charge in [0.05, 0.1) is 18.8 Å². The van der Waals surface area contributed by atoms with Gasteiger partial charge < -0.3 is 14.2 Å². The van der Waals surface area contributed by atoms with Gasteiger partial charge in [-0.1, -0.05) is 62.9 Å². The average Bonchev–Trinajstić information content (AvgIpc) is 2.94. The minimum Gasteiger partial charge on any atom is -0.494 e. The first-order valence-electron chi connectivity index (χ1n) is 13.6. The van der Waals surface area contributed by atoms with Crippen LogP contribution in [0.2, 0.25) is 0 Å². The second kappa shape index (κ2) is 16.3. The van der Waals surface area contributed by atoms with E-state index < -0.39 is 0 Å². The smallest absolute Gasteiger partial charge is 0.343 e. The summed E-state index contributed by atoms with van der Waals surface area (Å²) in [5, 5.41) is 0. The van der Waals surface area contributed by atoms with Crippen LogP contribution in [0, 0.1) is 0 Å². The van der Waals surface area contributed by atoms with Crippen LogP contribution in [0.15, 0.2) is 85.5 Å². The van der Waals surface area contributed by atoms with Crippen LogP contribution in [0.4, 0.5) is 0 Å². The summed E-state index contributed by atoms with van der Waals surface area (Å²) in [6, 6.07) is 22.8. The number of esters is 1. The van der Waals surface area contributed by atoms with Gasteiger partial charge in [-0.2, -0.15) is 0 Å². The van der Waals surface area contributed by atoms with Crippen molar-refractivity contribution in [1.29, 1.82) is 0 Å². The minimum atomic E-state index is -0.389. The molecule has 0 aliphatic rings. The van der Waals surface area contributed by atoms with Crippen LogP contribution < -0.4 is 14.2 Å². The molecular weight excluding hydrogens is 460 g/mol. The molecule has 0 amide bonds. The van der Waals surface area contributed by atoms with E-state index in [4.69, 9.17) is 14.2 Å². The van der Waals surface area contributed by atoms with E-state index in [-0.39, 0.29) is 5.97 Å². The van der Waals surface area contributed by atoms with Crippen molar-refractivity contribution in [3.05, 3.63) is 91.0 Å². The van der Waals surface area contributed by atoms with E-state index in [0.29, 0.717) is 17.9 Å². The molecular formula is C33H40O4. The summed E-state index contributed by atoms with van der Waals surface area (Å²) in [7, 11) is 0. The van der Waals surface area contributed by atoms with Gasteiger partial charge >= 0.3 is 5.97 Å². The molecule has 3 aromatic carbocycles. The molecule has 196 valence electrons. The molecule has 37 heavy (non-hydrogen) atoms. The molecule has 0 unspecified atom stereocenters. The van der Waals surface area contributed by atoms with Gasteiger partial charge in [-0.3, -0.25) is 0 Å². The number of ether oxygens (including phenoxy) is 3. The summed E-state index contributed by atoms with van der Waals surface area (Å²) in [4.78, 5) is 12.6. The molecule has 3 aromatic rings. The van der Waals surface area contributed by atoms with Gasteiger partial charge in [0.1, 0.15) is 17.2 Å². The molecule has 4 heteroatoms. The Kier molecular flexibility index (Phi) is 12.3. The van der Waals surface area contributed by atoms with Gasteiger partial charge in [-0.05, 0) is 91.8 Å². The Hall–Kier alpha value is -3.53. The van der Waals surface area contributed by atoms with Crippen molar-refractivity contribution >= 4 is 5.97 Å². The fourth-order valence-electron chi connectivity index (χ4n) is 3.97. The Morgan fingerprint density at radius 2 is 1.14 bits per heavy atom. The number of unbranched alkanes of at least 4 members (excludes halogenated alkanes) is 7. The summed E-state index contributed by atoms with van der Waals surface area (Å²) in [6.45, 7) is 7.39. The largest absolute Gasteiger partial charge is 0.494 e. The predicted molar refractivity (Wildman–Crippen MR) is 152 cm³/mol. The van der Waals surface area contributed by atoms with Crippen LogP contribution in [0.25, 0.3) is 11.1 Å². The molecule has 0 saturated carbocycles. The van der Waals surface area contributed by atoms with Crippen molar-refractivity contribution in [2.75, 3.05) is 13.2 Å². The van der Waals surface area contributed by atoms with E-state index in [1.165, 1.54) is 25.7 Å². The van der Waals surface area contributed by atoms with Gasteiger partial charge in [-0.15, -0.1) is 6.58 Å². The second-order valence-corrected chi connectivity index (χ2v) is 9.21. The van der Waals surface area contributed by atoms with Crippen molar-refractivity contribution in [1.82, 2.24) is 0 Å². The molecule has 0 aliphatic heterocycles. The Bertz CT molecular complexity index is 1050. The summed E-state index contributed by atoms with van der Waals surface area (Å²) in [5.41, 5.74) is 2.63. The highest BCUT2D eigenvalue weighted by atomic mass is 16.5. The van der Waals surface area contributed by atoms with E-state index >= 15 is 0 Å². The van der Waals surface area contributed by atoms with Crippen LogP contribution >= 0.6 is 0 Å². The molecule has 0 aliphatic carbocycles. The third-order valence-electron chi connectivity index (χ3n) is 6.18. The molecule has 0 fully saturated rings. The lowest BCUT2D eigenvalue weighted by Crippen LogP contribution is -2.08. The first-order valence-corrected chi connectivity index (χ1v) is 13.6. The lowest BCUT2D eigenvalue weighted by Gasteiger charge is -2.09. The van der Waals surface area contributed by atoms with Crippen LogP contribution in [0.5, 0.6) is 17.2 Å². The summed E-state index contributed by atoms with van der Waals surface area (Å²) < 4.78 is 17.2. The van der Waals surface area contributed by atoms with Gasteiger partial charge in [-0.25, -0.2) is 4.79 Å². The molecule has 0 N–H and O–H groups in total. The molecule has 4 nitrogen and oxygen atoms in total. The molecule has 0 saturated heterocycles. The number of benzene rings is 3. The zero-order valence-corrected chi connectivity index (χ0v) is 22.1. The molecule has 0 heterocycles. The van der Waals surface area contributed by atoms with E-state index in [1.54, 1.807) is 12.1 Å². The van der Waals surface area contributed by atoms with Crippen molar-refractivity contribution in [2.24, 2.45) is 0 Å². The van der Waals surface area contributed by atoms with Gasteiger partial charge in [0.25, 0.3) is 0 Å². The van der Waals surface area contributed by atoms with Gasteiger partial charge in [0.15, 0.2) is 0 Å². The zero-order valence-electron chi connectivity index (χ0n) is 22.1. The number of carbonyl (C=O) groups excluding carboxylic acids is 1. The third-order valence-corrected chi connectivity index (χ3v) is 6.18. The molecule has 0 bridgehead atoms. The number of rotatable bonds is 17. The second-order valence-electron chi connectivity index (χ2n) is 9.21. The van der Waals surface area contributed by atoms with Crippen molar-refractivity contribution in [2.45, 2.75) is 64.7 Å². The van der Waals surface area contributed by atoms with Crippen molar-refractivity contribution in [3.63, 3.8) is 0 Å². The molecule has 0 atom stereocenters. The van der Waals surface area contributed by atoms with Crippen LogP contribution in [0.3, 0.4) is 0 Å². The van der Waals surface area contributed by atoms with E-state index in [0.717, 1.165) is 61.3 Å². The summed E-state index contributed by atoms with van der Waals surface area (Å²) >= 11 is 0. The molecule has 0 aromatic heterocycles. The highest BCUT2D eigenvalue weighted by Gasteiger charge is 2.09. The SMILES string of the molecule is C=CCCCCCOc1ccc(C(=O)Oc2ccc(-c3ccc(OCCCCCCC)cc3)cc2)cc1. The topological polar surface area (TPSA) is 44.8 Å². The highest BCUT2D eigenvalue weighted by molar-refractivity contribution is 5.91. The standard InChI is InChI=1S/C33H40O4/c1-3-5-7-9-11-25-35-30-19-13-27(14-20-30)28-15-23-32(24-16-28)37-33(34)29-17-21-31(22-18-29)36-26-12-10-8-6-4-2/h4,13-24H,2-3,5-12,25-26H2,1H3. The number of hydrogen-bond donors (Lipinski definition) is 0. The summed E-state index contributed by atoms with van der Waals surface area (Å²) in [6.07, 6.45) is 12.4. The molecule has 0 radical (unpaired) electrons. The number of allylic oxidation sites excluding steroid dienone is 1. The number of hydrogen-bond acceptors (Lipinski definition) is 4. The Morgan fingerprint density at radius 1 is 0.649 bits per heavy atom. The highest BCUT2D eigenvalue weighted by Crippen LogP contribution is 2.25. The number of carbonyl (C=O) groups is 1. The maximum atomic E-state index is 12.6. The van der Waals surface area contributed by atoms with E-state index in [9.17, 15) is 4.79 Å². The maximum Gasteiger partial charge on any atom is 0.343 e. The fourth-order valence-corrected chi connectivity index (χ4v) is 3.97. The Balaban J connectivity index is 1.43. The zero-order chi connectivity index (χ0) is 26.1.